The van der Waals surface area contributed by atoms with Gasteiger partial charge in [0.05, 0.1) is 88.9 Å². The molecule has 0 saturated carbocycles. The largest absolute Gasteiger partial charge is 0.493 e. The number of aryl methyl sites for hydroxylation is 2. The first-order chi connectivity index (χ1) is 32.2. The van der Waals surface area contributed by atoms with Gasteiger partial charge in [0.15, 0.2) is 57.6 Å². The molecule has 0 fully saturated rings. The highest BCUT2D eigenvalue weighted by atomic mass is 19.1. The van der Waals surface area contributed by atoms with Crippen LogP contribution in [0, 0.1) is 23.3 Å². The average molecular weight is 941 g/mol. The van der Waals surface area contributed by atoms with E-state index >= 15 is 8.78 Å². The summed E-state index contributed by atoms with van der Waals surface area (Å²) in [5.41, 5.74) is 0.767. The zero-order valence-electron chi connectivity index (χ0n) is 38.7. The number of methoxy groups -OCH3 is 4. The van der Waals surface area contributed by atoms with E-state index in [1.54, 1.807) is 103 Å². The quantitative estimate of drug-likeness (QED) is 0.115. The lowest BCUT2D eigenvalue weighted by Crippen LogP contribution is -2.37. The summed E-state index contributed by atoms with van der Waals surface area (Å²) in [4.78, 5) is 28.1. The lowest BCUT2D eigenvalue weighted by atomic mass is 10.1. The van der Waals surface area contributed by atoms with Crippen LogP contribution in [-0.4, -0.2) is 105 Å². The first-order valence-corrected chi connectivity index (χ1v) is 20.7. The van der Waals surface area contributed by atoms with E-state index in [1.165, 1.54) is 47.2 Å². The molecule has 8 aromatic rings. The van der Waals surface area contributed by atoms with Crippen molar-refractivity contribution in [3.63, 3.8) is 0 Å². The molecule has 0 bridgehead atoms. The molecule has 0 saturated heterocycles. The van der Waals surface area contributed by atoms with Gasteiger partial charge in [-0.2, -0.15) is 10.2 Å². The third kappa shape index (κ3) is 10.3. The van der Waals surface area contributed by atoms with Crippen LogP contribution in [0.5, 0.6) is 23.0 Å². The van der Waals surface area contributed by atoms with Crippen LogP contribution < -0.4 is 29.3 Å². The van der Waals surface area contributed by atoms with Crippen molar-refractivity contribution in [2.75, 3.05) is 39.9 Å². The van der Waals surface area contributed by atoms with Crippen molar-refractivity contribution < 1.29 is 46.7 Å². The molecule has 0 atom stereocenters. The number of nitrogens with zero attached hydrogens (tertiary/aromatic N) is 12. The second-order valence-electron chi connectivity index (χ2n) is 16.7. The Morgan fingerprint density at radius 3 is 1.62 bits per heavy atom. The lowest BCUT2D eigenvalue weighted by molar-refractivity contribution is 0.0614. The predicted molar refractivity (Wildman–Crippen MR) is 243 cm³/mol. The highest BCUT2D eigenvalue weighted by Gasteiger charge is 2.31. The van der Waals surface area contributed by atoms with E-state index in [-0.39, 0.29) is 53.0 Å². The van der Waals surface area contributed by atoms with E-state index in [0.717, 1.165) is 23.3 Å². The Hall–Kier alpha value is -7.72. The van der Waals surface area contributed by atoms with Crippen molar-refractivity contribution in [2.45, 2.75) is 45.4 Å². The summed E-state index contributed by atoms with van der Waals surface area (Å²) in [5.74, 6) is -4.58. The van der Waals surface area contributed by atoms with E-state index in [1.807, 2.05) is 0 Å². The summed E-state index contributed by atoms with van der Waals surface area (Å²) < 4.78 is 85.7. The minimum atomic E-state index is -1.34. The number of ether oxygens (including phenoxy) is 4. The van der Waals surface area contributed by atoms with Crippen molar-refractivity contribution in [1.82, 2.24) is 49.0 Å². The molecule has 2 aromatic carbocycles. The normalized spacial score (nSPS) is 12.0. The smallest absolute Gasteiger partial charge is 0.193 e. The Balaban J connectivity index is 0.000000201. The minimum absolute atomic E-state index is 0.0265. The first kappa shape index (κ1) is 48.2. The van der Waals surface area contributed by atoms with E-state index < -0.39 is 45.8 Å². The van der Waals surface area contributed by atoms with Crippen molar-refractivity contribution in [3.8, 4) is 45.5 Å². The van der Waals surface area contributed by atoms with Gasteiger partial charge in [0, 0.05) is 49.7 Å². The maximum atomic E-state index is 15.4. The van der Waals surface area contributed by atoms with Gasteiger partial charge in [-0.15, -0.1) is 0 Å². The van der Waals surface area contributed by atoms with Gasteiger partial charge >= 0.3 is 0 Å². The van der Waals surface area contributed by atoms with E-state index in [4.69, 9.17) is 23.9 Å². The van der Waals surface area contributed by atoms with Gasteiger partial charge < -0.3 is 38.6 Å². The van der Waals surface area contributed by atoms with Crippen LogP contribution in [0.25, 0.3) is 44.8 Å². The molecular weight excluding hydrogens is 893 g/mol. The maximum absolute atomic E-state index is 15.4. The van der Waals surface area contributed by atoms with Gasteiger partial charge in [0.1, 0.15) is 33.7 Å². The highest BCUT2D eigenvalue weighted by molar-refractivity contribution is 5.78. The third-order valence-corrected chi connectivity index (χ3v) is 10.1. The van der Waals surface area contributed by atoms with Gasteiger partial charge in [-0.25, -0.2) is 37.5 Å². The molecule has 6 heterocycles. The molecular formula is C46H48F4N12O6. The van der Waals surface area contributed by atoms with Crippen LogP contribution >= 0.6 is 0 Å². The third-order valence-electron chi connectivity index (χ3n) is 10.1. The van der Waals surface area contributed by atoms with Gasteiger partial charge in [-0.05, 0) is 52.0 Å². The van der Waals surface area contributed by atoms with Crippen LogP contribution in [0.1, 0.15) is 27.7 Å². The molecule has 22 heteroatoms. The minimum Gasteiger partial charge on any atom is -0.493 e. The molecule has 0 spiro atoms. The van der Waals surface area contributed by atoms with Crippen LogP contribution in [0.4, 0.5) is 34.8 Å². The first-order valence-electron chi connectivity index (χ1n) is 20.7. The second-order valence-corrected chi connectivity index (χ2v) is 16.7. The molecule has 2 N–H and O–H groups in total. The van der Waals surface area contributed by atoms with Gasteiger partial charge in [-0.3, -0.25) is 19.3 Å². The van der Waals surface area contributed by atoms with Gasteiger partial charge in [-0.1, -0.05) is 0 Å². The number of anilines is 2. The monoisotopic (exact) mass is 940 g/mol. The zero-order chi connectivity index (χ0) is 49.2. The van der Waals surface area contributed by atoms with E-state index in [9.17, 15) is 19.0 Å². The Kier molecular flexibility index (Phi) is 13.6. The van der Waals surface area contributed by atoms with Crippen molar-refractivity contribution in [3.05, 3.63) is 102 Å². The summed E-state index contributed by atoms with van der Waals surface area (Å²) >= 11 is 0. The summed E-state index contributed by atoms with van der Waals surface area (Å²) in [5, 5.41) is 29.4. The molecule has 356 valence electrons. The van der Waals surface area contributed by atoms with E-state index in [2.05, 4.69) is 35.1 Å². The number of pyridine rings is 2. The van der Waals surface area contributed by atoms with Crippen LogP contribution in [0.2, 0.25) is 0 Å². The molecule has 0 aliphatic heterocycles. The Morgan fingerprint density at radius 2 is 1.13 bits per heavy atom. The molecule has 6 aromatic heterocycles. The number of hydrogen-bond donors (Lipinski definition) is 2. The van der Waals surface area contributed by atoms with Crippen LogP contribution in [0.3, 0.4) is 0 Å². The number of aliphatic hydroxyl groups is 2. The zero-order valence-corrected chi connectivity index (χ0v) is 38.7. The fraction of sp³-hybridized carbons (Fsp3) is 0.304. The molecule has 18 nitrogen and oxygen atoms in total. The number of benzene rings is 2. The summed E-state index contributed by atoms with van der Waals surface area (Å²) in [7, 11) is 8.63. The van der Waals surface area contributed by atoms with Crippen LogP contribution in [0.15, 0.2) is 78.6 Å². The summed E-state index contributed by atoms with van der Waals surface area (Å²) in [6.07, 6.45) is 10.1. The molecule has 0 unspecified atom stereocenters. The van der Waals surface area contributed by atoms with Gasteiger partial charge in [0.2, 0.25) is 0 Å². The van der Waals surface area contributed by atoms with Crippen LogP contribution in [-0.2, 0) is 20.6 Å². The second kappa shape index (κ2) is 19.2. The standard InChI is InChI=1S/2C23H24F2N6O3/c1-23(2,32)12-31(21-19(24)16(33-4)8-17(34-5)20(21)25)18-7-6-14-22(29-18)28-15(10-26-14)13-9-27-30(3)11-13;1-23(2,32)12-31-18(29-21-19(24)16(33-4)8-17(34-5)20(21)25)7-6-14-22(31)28-15(10-26-14)13-9-27-30(3)11-13/h2*6-11,32H,12H2,1-5H3. The number of halogens is 4. The SMILES string of the molecule is COc1cc(OC)c(F)c(N(CC(C)(C)O)c2ccc3ncc(-c4cnn(C)c4)nc3n2)c1F.COc1cc(OC)c(F)c(N=c2ccc3ncc(-c4cnn(C)c4)nc3n2CC(C)(C)O)c1F. The van der Waals surface area contributed by atoms with Crippen molar-refractivity contribution in [1.29, 1.82) is 0 Å². The number of aromatic nitrogens is 10. The van der Waals surface area contributed by atoms with Crippen molar-refractivity contribution in [2.24, 2.45) is 19.1 Å². The Morgan fingerprint density at radius 1 is 0.632 bits per heavy atom. The fourth-order valence-electron chi connectivity index (χ4n) is 6.98. The molecule has 0 amide bonds. The highest BCUT2D eigenvalue weighted by Crippen LogP contribution is 2.41. The maximum Gasteiger partial charge on any atom is 0.193 e. The lowest BCUT2D eigenvalue weighted by Gasteiger charge is -2.31. The molecule has 68 heavy (non-hydrogen) atoms. The number of hydrogen-bond acceptors (Lipinski definition) is 15. The molecule has 0 radical (unpaired) electrons. The summed E-state index contributed by atoms with van der Waals surface area (Å²) in [6, 6.07) is 8.62. The Labute approximate surface area is 386 Å². The Bertz CT molecular complexity index is 3160. The molecule has 8 rings (SSSR count). The van der Waals surface area contributed by atoms with Crippen molar-refractivity contribution >= 4 is 39.5 Å². The topological polar surface area (TPSA) is 198 Å². The fourth-order valence-corrected chi connectivity index (χ4v) is 6.98. The van der Waals surface area contributed by atoms with Gasteiger partial charge in [0.25, 0.3) is 0 Å². The molecule has 0 aliphatic rings. The van der Waals surface area contributed by atoms with E-state index in [0.29, 0.717) is 28.1 Å². The number of fused-ring (bicyclic) bond motifs is 2. The number of rotatable bonds is 13. The average Bonchev–Trinajstić information content (AvgIpc) is 3.95. The molecule has 0 aliphatic carbocycles. The predicted octanol–water partition coefficient (Wildman–Crippen LogP) is 6.76. The summed E-state index contributed by atoms with van der Waals surface area (Å²) in [6.45, 7) is 6.10.